The average molecular weight is 963 g/mol. The van der Waals surface area contributed by atoms with E-state index >= 15 is 0 Å². The number of methoxy groups -OCH3 is 1. The summed E-state index contributed by atoms with van der Waals surface area (Å²) in [6, 6.07) is 7.50. The fourth-order valence-corrected chi connectivity index (χ4v) is 10.2. The van der Waals surface area contributed by atoms with Crippen LogP contribution in [0.1, 0.15) is 76.8 Å². The van der Waals surface area contributed by atoms with Gasteiger partial charge >= 0.3 is 5.97 Å². The van der Waals surface area contributed by atoms with Crippen LogP contribution < -0.4 is 4.90 Å². The molecule has 3 heterocycles. The SMILES string of the molecule is CCN1C(=CC2=C(O)C(=CC3=[N+](CCCC(=O)ON4C(=O)CCC4=O)c4ccc(S(=O)(=O)[O-])cc4C3(C)CCOCCOC)C2=O)C(C)(CCCS(=O)(=O)O)c2cc(S(=O)(=O)[O-])ccc21. The van der Waals surface area contributed by atoms with Crippen LogP contribution in [0, 0.1) is 0 Å². The first-order valence-corrected chi connectivity index (χ1v) is 24.9. The van der Waals surface area contributed by atoms with E-state index in [-0.39, 0.29) is 89.0 Å². The maximum atomic E-state index is 14.3. The Labute approximate surface area is 376 Å². The van der Waals surface area contributed by atoms with Gasteiger partial charge in [-0.1, -0.05) is 0 Å². The van der Waals surface area contributed by atoms with Gasteiger partial charge in [-0.2, -0.15) is 13.0 Å². The molecule has 0 bridgehead atoms. The van der Waals surface area contributed by atoms with E-state index in [0.29, 0.717) is 39.0 Å². The molecular formula is C42H48N3O17S3-. The van der Waals surface area contributed by atoms with E-state index in [2.05, 4.69) is 0 Å². The van der Waals surface area contributed by atoms with Crippen LogP contribution in [-0.2, 0) is 74.7 Å². The van der Waals surface area contributed by atoms with Gasteiger partial charge in [0.25, 0.3) is 21.9 Å². The van der Waals surface area contributed by atoms with Crippen molar-refractivity contribution in [3.63, 3.8) is 0 Å². The van der Waals surface area contributed by atoms with Crippen LogP contribution in [0.5, 0.6) is 0 Å². The van der Waals surface area contributed by atoms with Crippen molar-refractivity contribution < 1.29 is 82.1 Å². The molecule has 3 aliphatic heterocycles. The van der Waals surface area contributed by atoms with Crippen molar-refractivity contribution in [3.05, 3.63) is 82.3 Å². The first kappa shape index (κ1) is 49.3. The van der Waals surface area contributed by atoms with Gasteiger partial charge in [-0.3, -0.25) is 18.9 Å². The highest BCUT2D eigenvalue weighted by Gasteiger charge is 2.50. The molecule has 1 aliphatic carbocycles. The Hall–Kier alpha value is -5.14. The Morgan fingerprint density at radius 1 is 0.862 bits per heavy atom. The van der Waals surface area contributed by atoms with Gasteiger partial charge < -0.3 is 33.4 Å². The van der Waals surface area contributed by atoms with Gasteiger partial charge in [-0.05, 0) is 82.0 Å². The lowest BCUT2D eigenvalue weighted by Gasteiger charge is -2.31. The molecule has 65 heavy (non-hydrogen) atoms. The number of imide groups is 1. The molecule has 2 N–H and O–H groups in total. The molecule has 2 amide bonds. The molecule has 0 aromatic heterocycles. The van der Waals surface area contributed by atoms with E-state index < -0.39 is 86.1 Å². The van der Waals surface area contributed by atoms with Crippen LogP contribution in [0.2, 0.25) is 0 Å². The van der Waals surface area contributed by atoms with Crippen molar-refractivity contribution in [2.24, 2.45) is 0 Å². The summed E-state index contributed by atoms with van der Waals surface area (Å²) in [6.07, 6.45) is 2.37. The number of fused-ring (bicyclic) bond motifs is 2. The minimum absolute atomic E-state index is 0.00890. The number of ether oxygens (including phenoxy) is 2. The summed E-state index contributed by atoms with van der Waals surface area (Å²) in [5.74, 6) is -3.97. The second-order valence-electron chi connectivity index (χ2n) is 16.3. The number of allylic oxidation sites excluding steroid dienone is 5. The number of anilines is 1. The summed E-state index contributed by atoms with van der Waals surface area (Å²) < 4.78 is 119. The Kier molecular flexibility index (Phi) is 14.1. The number of hydrogen-bond acceptors (Lipinski definition) is 17. The summed E-state index contributed by atoms with van der Waals surface area (Å²) in [4.78, 5) is 56.9. The third-order valence-corrected chi connectivity index (χ3v) is 14.6. The van der Waals surface area contributed by atoms with Gasteiger partial charge in [0, 0.05) is 74.0 Å². The second-order valence-corrected chi connectivity index (χ2v) is 20.6. The summed E-state index contributed by atoms with van der Waals surface area (Å²) in [6.45, 7) is 5.93. The first-order chi connectivity index (χ1) is 30.4. The molecule has 0 saturated carbocycles. The monoisotopic (exact) mass is 962 g/mol. The third-order valence-electron chi connectivity index (χ3n) is 12.1. The van der Waals surface area contributed by atoms with E-state index in [4.69, 9.17) is 14.3 Å². The fraction of sp³-hybridized carbons (Fsp3) is 0.452. The number of benzene rings is 2. The maximum absolute atomic E-state index is 14.3. The number of hydroxylamine groups is 2. The Morgan fingerprint density at radius 2 is 1.49 bits per heavy atom. The van der Waals surface area contributed by atoms with Crippen molar-refractivity contribution in [1.82, 2.24) is 5.06 Å². The quantitative estimate of drug-likeness (QED) is 0.0634. The predicted octanol–water partition coefficient (Wildman–Crippen LogP) is 2.96. The van der Waals surface area contributed by atoms with Crippen LogP contribution in [0.15, 0.2) is 80.9 Å². The molecule has 1 fully saturated rings. The fourth-order valence-electron chi connectivity index (χ4n) is 8.71. The van der Waals surface area contributed by atoms with Gasteiger partial charge in [0.2, 0.25) is 11.5 Å². The number of hydrogen-bond donors (Lipinski definition) is 2. The minimum atomic E-state index is -4.96. The zero-order valence-corrected chi connectivity index (χ0v) is 38.3. The van der Waals surface area contributed by atoms with E-state index in [1.807, 2.05) is 0 Å². The van der Waals surface area contributed by atoms with Crippen LogP contribution in [0.4, 0.5) is 11.4 Å². The van der Waals surface area contributed by atoms with E-state index in [1.165, 1.54) is 43.5 Å². The number of aliphatic hydroxyl groups is 1. The standard InChI is InChI=1S/C42H49N3O17S3/c1-5-43-32-11-9-26(64(54,55)56)22-30(32)41(2,15-7-21-63(51,52)53)34(43)24-28-39(49)29(40(28)50)25-35-42(3,16-18-61-20-19-60-4)31-23-27(65(57,58)59)10-12-33(31)44(35)17-6-8-38(48)62-45-36(46)13-14-37(45)47/h9-12,22-25H,5-8,13-21H2,1-4H3,(H3-,49,50,51,52,53,54,55,56,57,58,59)/p-1. The number of ketones is 1. The zero-order valence-electron chi connectivity index (χ0n) is 35.9. The van der Waals surface area contributed by atoms with Crippen LogP contribution >= 0.6 is 0 Å². The topological polar surface area (TPSA) is 294 Å². The van der Waals surface area contributed by atoms with Gasteiger partial charge in [0.05, 0.1) is 51.7 Å². The highest BCUT2D eigenvalue weighted by atomic mass is 32.2. The number of carbonyl (C=O) groups excluding carboxylic acids is 4. The van der Waals surface area contributed by atoms with Crippen LogP contribution in [-0.4, -0.2) is 129 Å². The van der Waals surface area contributed by atoms with Crippen molar-refractivity contribution >= 4 is 71.0 Å². The Bertz CT molecular complexity index is 2800. The maximum Gasteiger partial charge on any atom is 0.333 e. The summed E-state index contributed by atoms with van der Waals surface area (Å²) >= 11 is 0. The first-order valence-electron chi connectivity index (χ1n) is 20.5. The van der Waals surface area contributed by atoms with Gasteiger partial charge in [0.1, 0.15) is 32.5 Å². The number of carbonyl (C=O) groups is 4. The molecule has 352 valence electrons. The van der Waals surface area contributed by atoms with Gasteiger partial charge in [-0.25, -0.2) is 21.6 Å². The van der Waals surface area contributed by atoms with Crippen LogP contribution in [0.3, 0.4) is 0 Å². The molecule has 0 spiro atoms. The normalized spacial score (nSPS) is 22.4. The number of Topliss-reactive ketones (excluding diaryl/α,β-unsaturated/α-hetero) is 1. The number of rotatable bonds is 20. The molecule has 2 aromatic rings. The van der Waals surface area contributed by atoms with E-state index in [0.717, 1.165) is 12.1 Å². The number of nitrogens with zero attached hydrogens (tertiary/aromatic N) is 3. The highest BCUT2D eigenvalue weighted by Crippen LogP contribution is 2.52. The molecule has 6 rings (SSSR count). The Morgan fingerprint density at radius 3 is 2.08 bits per heavy atom. The molecule has 2 unspecified atom stereocenters. The van der Waals surface area contributed by atoms with Crippen LogP contribution in [0.25, 0.3) is 0 Å². The molecule has 1 saturated heterocycles. The Balaban J connectivity index is 1.45. The highest BCUT2D eigenvalue weighted by molar-refractivity contribution is 7.86. The molecule has 2 atom stereocenters. The van der Waals surface area contributed by atoms with Crippen molar-refractivity contribution in [2.75, 3.05) is 50.7 Å². The zero-order chi connectivity index (χ0) is 47.9. The van der Waals surface area contributed by atoms with Gasteiger partial charge in [-0.15, -0.1) is 5.06 Å². The van der Waals surface area contributed by atoms with E-state index in [1.54, 1.807) is 30.2 Å². The van der Waals surface area contributed by atoms with E-state index in [9.17, 15) is 63.2 Å². The third kappa shape index (κ3) is 10.0. The van der Waals surface area contributed by atoms with Gasteiger partial charge in [0.15, 0.2) is 5.71 Å². The number of likely N-dealkylation sites (N-methyl/N-ethyl adjacent to an activating group) is 1. The largest absolute Gasteiger partial charge is 0.744 e. The summed E-state index contributed by atoms with van der Waals surface area (Å²) in [5.41, 5.74) is -0.555. The number of amides is 2. The lowest BCUT2D eigenvalue weighted by molar-refractivity contribution is -0.438. The summed E-state index contributed by atoms with van der Waals surface area (Å²) in [5, 5.41) is 12.2. The second kappa shape index (κ2) is 18.6. The minimum Gasteiger partial charge on any atom is -0.744 e. The lowest BCUT2D eigenvalue weighted by Crippen LogP contribution is -2.35. The molecular weight excluding hydrogens is 915 g/mol. The molecule has 0 radical (unpaired) electrons. The molecule has 4 aliphatic rings. The van der Waals surface area contributed by atoms with Crippen molar-refractivity contribution in [1.29, 1.82) is 0 Å². The van der Waals surface area contributed by atoms with Crippen molar-refractivity contribution in [3.8, 4) is 0 Å². The van der Waals surface area contributed by atoms with Crippen molar-refractivity contribution in [2.45, 2.75) is 86.3 Å². The molecule has 2 aromatic carbocycles. The average Bonchev–Trinajstić information content (AvgIpc) is 3.76. The number of aliphatic hydroxyl groups excluding tert-OH is 1. The molecule has 23 heteroatoms. The smallest absolute Gasteiger partial charge is 0.333 e. The molecule has 20 nitrogen and oxygen atoms in total. The predicted molar refractivity (Wildman–Crippen MR) is 227 cm³/mol. The summed E-state index contributed by atoms with van der Waals surface area (Å²) in [7, 11) is -12.8. The lowest BCUT2D eigenvalue weighted by atomic mass is 9.74.